The van der Waals surface area contributed by atoms with Gasteiger partial charge in [0.1, 0.15) is 6.10 Å². The third kappa shape index (κ3) is 6.32. The van der Waals surface area contributed by atoms with E-state index in [2.05, 4.69) is 15.6 Å². The van der Waals surface area contributed by atoms with Crippen LogP contribution >= 0.6 is 0 Å². The van der Waals surface area contributed by atoms with Crippen LogP contribution in [0.1, 0.15) is 37.1 Å². The summed E-state index contributed by atoms with van der Waals surface area (Å²) in [7, 11) is 0. The highest BCUT2D eigenvalue weighted by molar-refractivity contribution is 6.07. The Morgan fingerprint density at radius 2 is 2.02 bits per heavy atom. The fraction of sp³-hybridized carbons (Fsp3) is 0.357. The molecule has 1 aromatic heterocycles. The molecule has 0 radical (unpaired) electrons. The molecule has 41 heavy (non-hydrogen) atoms. The van der Waals surface area contributed by atoms with E-state index in [0.717, 1.165) is 0 Å². The van der Waals surface area contributed by atoms with Gasteiger partial charge in [-0.2, -0.15) is 0 Å². The summed E-state index contributed by atoms with van der Waals surface area (Å²) in [5, 5.41) is 52.5. The highest BCUT2D eigenvalue weighted by Crippen LogP contribution is 2.47. The first-order valence-electron chi connectivity index (χ1n) is 13.1. The molecule has 0 spiro atoms. The van der Waals surface area contributed by atoms with Gasteiger partial charge in [0.2, 0.25) is 0 Å². The van der Waals surface area contributed by atoms with Gasteiger partial charge in [-0.15, -0.1) is 5.10 Å². The summed E-state index contributed by atoms with van der Waals surface area (Å²) in [6.45, 7) is 3.51. The minimum atomic E-state index is -2.06. The van der Waals surface area contributed by atoms with Crippen molar-refractivity contribution in [2.45, 2.75) is 51.5 Å². The molecule has 1 aliphatic heterocycles. The first-order valence-corrected chi connectivity index (χ1v) is 13.1. The lowest BCUT2D eigenvalue weighted by atomic mass is 9.82. The average Bonchev–Trinajstić information content (AvgIpc) is 3.48. The van der Waals surface area contributed by atoms with Gasteiger partial charge < -0.3 is 25.5 Å². The number of aromatic nitrogens is 3. The van der Waals surface area contributed by atoms with E-state index in [4.69, 9.17) is 5.11 Å². The lowest BCUT2D eigenvalue weighted by Crippen LogP contribution is -2.44. The van der Waals surface area contributed by atoms with Crippen LogP contribution in [0.25, 0.3) is 0 Å². The molecule has 2 amide bonds. The van der Waals surface area contributed by atoms with Crippen molar-refractivity contribution in [2.75, 3.05) is 16.8 Å². The molecule has 2 heterocycles. The third-order valence-corrected chi connectivity index (χ3v) is 6.94. The molecule has 2 aromatic carbocycles. The van der Waals surface area contributed by atoms with Crippen molar-refractivity contribution in [2.24, 2.45) is 5.92 Å². The van der Waals surface area contributed by atoms with E-state index < -0.39 is 34.4 Å². The normalized spacial score (nSPS) is 18.0. The minimum absolute atomic E-state index is 0.0234. The van der Waals surface area contributed by atoms with Crippen LogP contribution in [0.4, 0.5) is 17.1 Å². The standard InChI is InChI=1S/C28H32N6O7/c1-18(6-3-4-12-32-17-22(11-13-35)30-31-32)28(39)24-15-23(34(40)41)9-10-25(24)33(27(28)38)16-20-7-5-8-21(14-20)29-26(37)19(2)36/h3,5-10,14-15,17-19,35-36,39H,4,11-13,16H2,1-2H3,(H,29,37)/b6-3+/t18-,19-,28+/m0/s1. The number of hydrogen-bond acceptors (Lipinski definition) is 9. The van der Waals surface area contributed by atoms with Crippen LogP contribution < -0.4 is 10.2 Å². The number of nitro groups is 1. The molecular weight excluding hydrogens is 532 g/mol. The van der Waals surface area contributed by atoms with Crippen molar-refractivity contribution in [3.05, 3.63) is 87.7 Å². The Hall–Kier alpha value is -4.46. The summed E-state index contributed by atoms with van der Waals surface area (Å²) in [5.41, 5.74) is -0.0978. The second kappa shape index (κ2) is 12.4. The fourth-order valence-corrected chi connectivity index (χ4v) is 4.71. The van der Waals surface area contributed by atoms with Gasteiger partial charge in [0.15, 0.2) is 5.60 Å². The molecule has 0 saturated heterocycles. The van der Waals surface area contributed by atoms with Crippen molar-refractivity contribution >= 4 is 28.9 Å². The Morgan fingerprint density at radius 1 is 1.24 bits per heavy atom. The van der Waals surface area contributed by atoms with Gasteiger partial charge in [-0.3, -0.25) is 24.4 Å². The van der Waals surface area contributed by atoms with Crippen molar-refractivity contribution in [3.63, 3.8) is 0 Å². The number of amides is 2. The predicted octanol–water partition coefficient (Wildman–Crippen LogP) is 2.06. The molecule has 0 bridgehead atoms. The number of hydrogen-bond donors (Lipinski definition) is 4. The monoisotopic (exact) mass is 564 g/mol. The molecule has 4 N–H and O–H groups in total. The molecule has 0 fully saturated rings. The molecule has 216 valence electrons. The molecule has 13 nitrogen and oxygen atoms in total. The number of nitrogens with one attached hydrogen (secondary N) is 1. The van der Waals surface area contributed by atoms with Gasteiger partial charge in [0.25, 0.3) is 17.5 Å². The summed E-state index contributed by atoms with van der Waals surface area (Å²) in [6, 6.07) is 10.7. The number of rotatable bonds is 12. The topological polar surface area (TPSA) is 184 Å². The molecule has 4 rings (SSSR count). The average molecular weight is 565 g/mol. The molecule has 0 aliphatic carbocycles. The zero-order chi connectivity index (χ0) is 29.7. The van der Waals surface area contributed by atoms with Crippen LogP contribution in [-0.4, -0.2) is 59.8 Å². The number of carbonyl (C=O) groups is 2. The number of allylic oxidation sites excluding steroid dienone is 1. The highest BCUT2D eigenvalue weighted by atomic mass is 16.6. The molecule has 13 heteroatoms. The van der Waals surface area contributed by atoms with Crippen molar-refractivity contribution in [1.29, 1.82) is 0 Å². The zero-order valence-electron chi connectivity index (χ0n) is 22.7. The Bertz CT molecular complexity index is 1470. The second-order valence-electron chi connectivity index (χ2n) is 9.93. The van der Waals surface area contributed by atoms with E-state index in [-0.39, 0.29) is 24.4 Å². The zero-order valence-corrected chi connectivity index (χ0v) is 22.7. The Kier molecular flexibility index (Phi) is 8.91. The Morgan fingerprint density at radius 3 is 2.73 bits per heavy atom. The first-order chi connectivity index (χ1) is 19.5. The van der Waals surface area contributed by atoms with Gasteiger partial charge in [-0.25, -0.2) is 0 Å². The molecule has 3 atom stereocenters. The quantitative estimate of drug-likeness (QED) is 0.145. The number of aliphatic hydroxyl groups excluding tert-OH is 2. The smallest absolute Gasteiger partial charge is 0.269 e. The van der Waals surface area contributed by atoms with Crippen molar-refractivity contribution < 1.29 is 29.8 Å². The molecule has 0 saturated carbocycles. The van der Waals surface area contributed by atoms with E-state index in [1.807, 2.05) is 0 Å². The number of aliphatic hydroxyl groups is 3. The number of fused-ring (bicyclic) bond motifs is 1. The number of nitro benzene ring substituents is 1. The van der Waals surface area contributed by atoms with E-state index >= 15 is 0 Å². The van der Waals surface area contributed by atoms with Gasteiger partial charge >= 0.3 is 0 Å². The summed E-state index contributed by atoms with van der Waals surface area (Å²) in [5.74, 6) is -1.95. The van der Waals surface area contributed by atoms with E-state index in [9.17, 15) is 29.9 Å². The van der Waals surface area contributed by atoms with E-state index in [1.165, 1.54) is 30.0 Å². The number of aryl methyl sites for hydroxylation is 1. The number of benzene rings is 2. The van der Waals surface area contributed by atoms with Crippen LogP contribution in [-0.2, 0) is 34.7 Å². The van der Waals surface area contributed by atoms with Gasteiger partial charge in [-0.1, -0.05) is 36.4 Å². The van der Waals surface area contributed by atoms with Crippen molar-refractivity contribution in [3.8, 4) is 0 Å². The second-order valence-corrected chi connectivity index (χ2v) is 9.93. The maximum atomic E-state index is 13.8. The Labute approximate surface area is 235 Å². The van der Waals surface area contributed by atoms with Crippen LogP contribution in [0.2, 0.25) is 0 Å². The van der Waals surface area contributed by atoms with E-state index in [0.29, 0.717) is 42.0 Å². The lowest BCUT2D eigenvalue weighted by Gasteiger charge is -2.27. The van der Waals surface area contributed by atoms with E-state index in [1.54, 1.807) is 54.2 Å². The molecule has 0 unspecified atom stereocenters. The third-order valence-electron chi connectivity index (χ3n) is 6.94. The maximum absolute atomic E-state index is 13.8. The first kappa shape index (κ1) is 29.5. The fourth-order valence-electron chi connectivity index (χ4n) is 4.71. The summed E-state index contributed by atoms with van der Waals surface area (Å²) >= 11 is 0. The van der Waals surface area contributed by atoms with Crippen LogP contribution in [0.5, 0.6) is 0 Å². The SMILES string of the molecule is C[C@H](O)C(=O)Nc1cccc(CN2C(=O)[C@@](O)([C@@H](C)/C=C/CCn3cc(CCO)nn3)c3cc([N+](=O)[O-])ccc32)c1. The minimum Gasteiger partial charge on any atom is -0.396 e. The lowest BCUT2D eigenvalue weighted by molar-refractivity contribution is -0.385. The van der Waals surface area contributed by atoms with Gasteiger partial charge in [0.05, 0.1) is 22.8 Å². The number of nitrogens with zero attached hydrogens (tertiary/aromatic N) is 5. The molecule has 1 aliphatic rings. The largest absolute Gasteiger partial charge is 0.396 e. The number of non-ortho nitro benzene ring substituents is 1. The Balaban J connectivity index is 1.57. The van der Waals surface area contributed by atoms with Crippen molar-refractivity contribution in [1.82, 2.24) is 15.0 Å². The highest BCUT2D eigenvalue weighted by Gasteiger charge is 2.53. The van der Waals surface area contributed by atoms with Crippen LogP contribution in [0, 0.1) is 16.0 Å². The summed E-state index contributed by atoms with van der Waals surface area (Å²) in [6.07, 6.45) is 4.96. The number of anilines is 2. The summed E-state index contributed by atoms with van der Waals surface area (Å²) < 4.78 is 1.63. The van der Waals surface area contributed by atoms with Gasteiger partial charge in [0, 0.05) is 55.1 Å². The maximum Gasteiger partial charge on any atom is 0.269 e. The van der Waals surface area contributed by atoms with Gasteiger partial charge in [-0.05, 0) is 37.1 Å². The molecular formula is C28H32N6O7. The predicted molar refractivity (Wildman–Crippen MR) is 149 cm³/mol. The van der Waals surface area contributed by atoms with Crippen LogP contribution in [0.15, 0.2) is 60.8 Å². The van der Waals surface area contributed by atoms with Crippen LogP contribution in [0.3, 0.4) is 0 Å². The molecule has 3 aromatic rings. The number of carbonyl (C=O) groups excluding carboxylic acids is 2. The summed E-state index contributed by atoms with van der Waals surface area (Å²) in [4.78, 5) is 38.0.